The van der Waals surface area contributed by atoms with Crippen LogP contribution in [-0.2, 0) is 4.79 Å². The van der Waals surface area contributed by atoms with Gasteiger partial charge in [0, 0.05) is 23.8 Å². The number of hydrogen-bond donors (Lipinski definition) is 2. The molecule has 0 aromatic heterocycles. The van der Waals surface area contributed by atoms with Crippen molar-refractivity contribution >= 4 is 11.6 Å². The Labute approximate surface area is 136 Å². The van der Waals surface area contributed by atoms with E-state index in [0.29, 0.717) is 19.1 Å². The lowest BCUT2D eigenvalue weighted by molar-refractivity contribution is -0.117. The monoisotopic (exact) mass is 310 g/mol. The Morgan fingerprint density at radius 2 is 1.78 bits per heavy atom. The van der Waals surface area contributed by atoms with Crippen LogP contribution in [0.4, 0.5) is 5.69 Å². The molecule has 0 heterocycles. The number of amides is 1. The highest BCUT2D eigenvalue weighted by molar-refractivity contribution is 5.96. The number of carbonyl (C=O) groups excluding carboxylic acids is 1. The largest absolute Gasteiger partial charge is 0.395 e. The lowest BCUT2D eigenvalue weighted by atomic mass is 10.0. The lowest BCUT2D eigenvalue weighted by Crippen LogP contribution is -2.36. The zero-order valence-electron chi connectivity index (χ0n) is 13.1. The van der Waals surface area contributed by atoms with E-state index in [4.69, 9.17) is 5.11 Å². The van der Waals surface area contributed by atoms with Crippen LogP contribution < -0.4 is 5.32 Å². The Balaban J connectivity index is 1.71. The van der Waals surface area contributed by atoms with Gasteiger partial charge >= 0.3 is 0 Å². The van der Waals surface area contributed by atoms with E-state index in [1.165, 1.54) is 0 Å². The third kappa shape index (κ3) is 4.18. The number of hydrogen-bond acceptors (Lipinski definition) is 3. The zero-order chi connectivity index (χ0) is 16.1. The third-order valence-corrected chi connectivity index (χ3v) is 4.08. The van der Waals surface area contributed by atoms with Crippen molar-refractivity contribution in [3.63, 3.8) is 0 Å². The Bertz CT molecular complexity index is 653. The van der Waals surface area contributed by atoms with Crippen molar-refractivity contribution < 1.29 is 9.90 Å². The number of nitrogens with zero attached hydrogens (tertiary/aromatic N) is 1. The average molecular weight is 310 g/mol. The van der Waals surface area contributed by atoms with Gasteiger partial charge in [0.25, 0.3) is 0 Å². The Kier molecular flexibility index (Phi) is 5.05. The molecule has 4 nitrogen and oxygen atoms in total. The second-order valence-corrected chi connectivity index (χ2v) is 5.89. The molecule has 2 aromatic rings. The highest BCUT2D eigenvalue weighted by atomic mass is 16.3. The molecule has 1 saturated carbocycles. The van der Waals surface area contributed by atoms with Crippen molar-refractivity contribution in [2.24, 2.45) is 0 Å². The molecular formula is C19H22N2O2. The van der Waals surface area contributed by atoms with Crippen LogP contribution in [0.5, 0.6) is 0 Å². The summed E-state index contributed by atoms with van der Waals surface area (Å²) < 4.78 is 0. The van der Waals surface area contributed by atoms with Gasteiger partial charge in [-0.15, -0.1) is 0 Å². The normalized spacial score (nSPS) is 14.0. The molecule has 23 heavy (non-hydrogen) atoms. The van der Waals surface area contributed by atoms with E-state index < -0.39 is 0 Å². The molecule has 4 heteroatoms. The van der Waals surface area contributed by atoms with Gasteiger partial charge in [-0.3, -0.25) is 9.69 Å². The van der Waals surface area contributed by atoms with Gasteiger partial charge in [-0.05, 0) is 24.5 Å². The molecule has 0 bridgehead atoms. The minimum Gasteiger partial charge on any atom is -0.395 e. The van der Waals surface area contributed by atoms with E-state index in [2.05, 4.69) is 10.2 Å². The summed E-state index contributed by atoms with van der Waals surface area (Å²) in [5.41, 5.74) is 2.92. The first-order valence-electron chi connectivity index (χ1n) is 8.07. The van der Waals surface area contributed by atoms with Crippen LogP contribution in [0.2, 0.25) is 0 Å². The predicted octanol–water partition coefficient (Wildman–Crippen LogP) is 2.75. The number of nitrogens with one attached hydrogen (secondary N) is 1. The maximum Gasteiger partial charge on any atom is 0.238 e. The van der Waals surface area contributed by atoms with Crippen molar-refractivity contribution in [3.8, 4) is 11.1 Å². The fourth-order valence-electron chi connectivity index (χ4n) is 2.79. The van der Waals surface area contributed by atoms with Gasteiger partial charge in [0.2, 0.25) is 5.91 Å². The van der Waals surface area contributed by atoms with Crippen LogP contribution in [-0.4, -0.2) is 41.7 Å². The molecule has 0 radical (unpaired) electrons. The van der Waals surface area contributed by atoms with Crippen LogP contribution >= 0.6 is 0 Å². The zero-order valence-corrected chi connectivity index (χ0v) is 13.1. The number of aliphatic hydroxyl groups excluding tert-OH is 1. The molecule has 0 spiro atoms. The van der Waals surface area contributed by atoms with Crippen molar-refractivity contribution in [2.75, 3.05) is 25.0 Å². The molecule has 0 aliphatic heterocycles. The van der Waals surface area contributed by atoms with Gasteiger partial charge in [0.05, 0.1) is 13.2 Å². The second-order valence-electron chi connectivity index (χ2n) is 5.89. The van der Waals surface area contributed by atoms with Crippen molar-refractivity contribution in [1.82, 2.24) is 4.90 Å². The SMILES string of the molecule is O=C(CN(CCO)C1CC1)Nc1ccccc1-c1ccccc1. The predicted molar refractivity (Wildman–Crippen MR) is 92.2 cm³/mol. The van der Waals surface area contributed by atoms with Crippen LogP contribution in [0.3, 0.4) is 0 Å². The van der Waals surface area contributed by atoms with Crippen molar-refractivity contribution in [2.45, 2.75) is 18.9 Å². The summed E-state index contributed by atoms with van der Waals surface area (Å²) in [4.78, 5) is 14.4. The molecule has 0 saturated heterocycles. The Morgan fingerprint density at radius 3 is 2.48 bits per heavy atom. The van der Waals surface area contributed by atoms with Crippen molar-refractivity contribution in [3.05, 3.63) is 54.6 Å². The van der Waals surface area contributed by atoms with Gasteiger partial charge in [0.1, 0.15) is 0 Å². The molecule has 1 aliphatic carbocycles. The van der Waals surface area contributed by atoms with Crippen LogP contribution in [0.25, 0.3) is 11.1 Å². The quantitative estimate of drug-likeness (QED) is 0.827. The first-order valence-corrected chi connectivity index (χ1v) is 8.07. The third-order valence-electron chi connectivity index (χ3n) is 4.08. The van der Waals surface area contributed by atoms with E-state index in [-0.39, 0.29) is 12.5 Å². The number of aliphatic hydroxyl groups is 1. The smallest absolute Gasteiger partial charge is 0.238 e. The van der Waals surface area contributed by atoms with Crippen LogP contribution in [0, 0.1) is 0 Å². The van der Waals surface area contributed by atoms with Crippen LogP contribution in [0.15, 0.2) is 54.6 Å². The standard InChI is InChI=1S/C19H22N2O2/c22-13-12-21(16-10-11-16)14-19(23)20-18-9-5-4-8-17(18)15-6-2-1-3-7-15/h1-9,16,22H,10-14H2,(H,20,23). The van der Waals surface area contributed by atoms with Crippen molar-refractivity contribution in [1.29, 1.82) is 0 Å². The highest BCUT2D eigenvalue weighted by Crippen LogP contribution is 2.28. The molecule has 2 N–H and O–H groups in total. The Hall–Kier alpha value is -2.17. The fraction of sp³-hybridized carbons (Fsp3) is 0.316. The molecule has 2 aromatic carbocycles. The van der Waals surface area contributed by atoms with Crippen LogP contribution in [0.1, 0.15) is 12.8 Å². The first-order chi connectivity index (χ1) is 11.3. The van der Waals surface area contributed by atoms with E-state index in [1.807, 2.05) is 54.6 Å². The second kappa shape index (κ2) is 7.40. The summed E-state index contributed by atoms with van der Waals surface area (Å²) in [5, 5.41) is 12.2. The van der Waals surface area contributed by atoms with E-state index in [1.54, 1.807) is 0 Å². The number of carbonyl (C=O) groups is 1. The molecular weight excluding hydrogens is 288 g/mol. The van der Waals surface area contributed by atoms with E-state index in [0.717, 1.165) is 29.7 Å². The summed E-state index contributed by atoms with van der Waals surface area (Å²) in [6.07, 6.45) is 2.24. The lowest BCUT2D eigenvalue weighted by Gasteiger charge is -2.20. The topological polar surface area (TPSA) is 52.6 Å². The molecule has 1 aliphatic rings. The minimum absolute atomic E-state index is 0.0336. The number of anilines is 1. The number of rotatable bonds is 7. The molecule has 1 fully saturated rings. The van der Waals surface area contributed by atoms with Gasteiger partial charge < -0.3 is 10.4 Å². The molecule has 3 rings (SSSR count). The highest BCUT2D eigenvalue weighted by Gasteiger charge is 2.29. The maximum atomic E-state index is 12.4. The molecule has 0 unspecified atom stereocenters. The fourth-order valence-corrected chi connectivity index (χ4v) is 2.79. The number of benzene rings is 2. The molecule has 1 amide bonds. The summed E-state index contributed by atoms with van der Waals surface area (Å²) in [5.74, 6) is -0.0336. The molecule has 0 atom stereocenters. The average Bonchev–Trinajstić information content (AvgIpc) is 3.41. The summed E-state index contributed by atoms with van der Waals surface area (Å²) in [7, 11) is 0. The summed E-state index contributed by atoms with van der Waals surface area (Å²) in [6.45, 7) is 0.969. The minimum atomic E-state index is -0.0336. The summed E-state index contributed by atoms with van der Waals surface area (Å²) >= 11 is 0. The van der Waals surface area contributed by atoms with Gasteiger partial charge in [-0.25, -0.2) is 0 Å². The Morgan fingerprint density at radius 1 is 1.09 bits per heavy atom. The van der Waals surface area contributed by atoms with Gasteiger partial charge in [-0.2, -0.15) is 0 Å². The number of para-hydroxylation sites is 1. The molecule has 120 valence electrons. The van der Waals surface area contributed by atoms with Gasteiger partial charge in [-0.1, -0.05) is 48.5 Å². The first kappa shape index (κ1) is 15.7. The van der Waals surface area contributed by atoms with E-state index in [9.17, 15) is 4.79 Å². The maximum absolute atomic E-state index is 12.4. The van der Waals surface area contributed by atoms with E-state index >= 15 is 0 Å². The van der Waals surface area contributed by atoms with Gasteiger partial charge in [0.15, 0.2) is 0 Å². The summed E-state index contributed by atoms with van der Waals surface area (Å²) in [6, 6.07) is 18.3.